The molecule has 0 saturated heterocycles. The molecular weight excluding hydrogens is 218 g/mol. The van der Waals surface area contributed by atoms with Crippen molar-refractivity contribution in [3.8, 4) is 0 Å². The highest BCUT2D eigenvalue weighted by Gasteiger charge is 2.28. The molecule has 0 bridgehead atoms. The molecule has 0 aromatic carbocycles. The number of nitrogens with zero attached hydrogens (tertiary/aromatic N) is 2. The molecule has 0 aliphatic heterocycles. The first-order valence-electron chi connectivity index (χ1n) is 6.15. The van der Waals surface area contributed by atoms with E-state index in [2.05, 4.69) is 27.4 Å². The van der Waals surface area contributed by atoms with Crippen molar-refractivity contribution in [2.75, 3.05) is 6.54 Å². The molecule has 6 heteroatoms. The van der Waals surface area contributed by atoms with Gasteiger partial charge in [-0.05, 0) is 25.2 Å². The normalized spacial score (nSPS) is 16.8. The fraction of sp³-hybridized carbons (Fsp3) is 0.727. The van der Waals surface area contributed by atoms with Crippen molar-refractivity contribution in [3.63, 3.8) is 0 Å². The summed E-state index contributed by atoms with van der Waals surface area (Å²) in [5, 5.41) is 9.41. The van der Waals surface area contributed by atoms with E-state index in [0.717, 1.165) is 18.7 Å². The van der Waals surface area contributed by atoms with Crippen molar-refractivity contribution >= 4 is 5.91 Å². The summed E-state index contributed by atoms with van der Waals surface area (Å²) < 4.78 is 0. The molecule has 0 spiro atoms. The second-order valence-corrected chi connectivity index (χ2v) is 4.57. The third-order valence-corrected chi connectivity index (χ3v) is 2.95. The number of aromatic nitrogens is 3. The number of aromatic amines is 1. The molecule has 1 heterocycles. The van der Waals surface area contributed by atoms with Crippen LogP contribution in [-0.2, 0) is 6.42 Å². The Kier molecular flexibility index (Phi) is 3.73. The minimum atomic E-state index is -0.250. The van der Waals surface area contributed by atoms with Crippen LogP contribution < -0.4 is 11.1 Å². The summed E-state index contributed by atoms with van der Waals surface area (Å²) in [6.45, 7) is 2.55. The smallest absolute Gasteiger partial charge is 0.291 e. The van der Waals surface area contributed by atoms with E-state index in [1.807, 2.05) is 0 Å². The van der Waals surface area contributed by atoms with Crippen LogP contribution in [0, 0.1) is 5.92 Å². The van der Waals surface area contributed by atoms with Crippen LogP contribution in [0.2, 0.25) is 0 Å². The highest BCUT2D eigenvalue weighted by Crippen LogP contribution is 2.31. The molecule has 1 aromatic rings. The molecule has 1 aliphatic carbocycles. The zero-order valence-corrected chi connectivity index (χ0v) is 10.1. The molecule has 1 atom stereocenters. The second kappa shape index (κ2) is 5.27. The summed E-state index contributed by atoms with van der Waals surface area (Å²) in [6, 6.07) is 0.0630. The van der Waals surface area contributed by atoms with Gasteiger partial charge in [-0.1, -0.05) is 6.92 Å². The minimum Gasteiger partial charge on any atom is -0.348 e. The summed E-state index contributed by atoms with van der Waals surface area (Å²) in [7, 11) is 0. The Bertz CT molecular complexity index is 385. The third-order valence-electron chi connectivity index (χ3n) is 2.95. The first kappa shape index (κ1) is 12.0. The van der Waals surface area contributed by atoms with Gasteiger partial charge < -0.3 is 11.1 Å². The van der Waals surface area contributed by atoms with E-state index < -0.39 is 0 Å². The standard InChI is InChI=1S/C11H19N5O/c1-2-3-9-14-10(16-15-9)11(17)13-6-8(12)7-4-5-7/h7-8H,2-6,12H2,1H3,(H,13,17)(H,14,15,16). The molecule has 17 heavy (non-hydrogen) atoms. The Morgan fingerprint density at radius 1 is 1.65 bits per heavy atom. The van der Waals surface area contributed by atoms with Crippen LogP contribution in [0.5, 0.6) is 0 Å². The lowest BCUT2D eigenvalue weighted by molar-refractivity contribution is 0.0940. The molecule has 6 nitrogen and oxygen atoms in total. The predicted octanol–water partition coefficient (Wildman–Crippen LogP) is 0.224. The summed E-state index contributed by atoms with van der Waals surface area (Å²) in [4.78, 5) is 15.8. The van der Waals surface area contributed by atoms with Crippen LogP contribution in [0.15, 0.2) is 0 Å². The summed E-state index contributed by atoms with van der Waals surface area (Å²) in [6.07, 6.45) is 4.14. The van der Waals surface area contributed by atoms with E-state index in [4.69, 9.17) is 5.73 Å². The lowest BCUT2D eigenvalue weighted by atomic mass is 10.2. The van der Waals surface area contributed by atoms with Gasteiger partial charge in [-0.15, -0.1) is 5.10 Å². The number of amides is 1. The van der Waals surface area contributed by atoms with Crippen LogP contribution in [-0.4, -0.2) is 33.7 Å². The minimum absolute atomic E-state index is 0.0630. The van der Waals surface area contributed by atoms with Crippen molar-refractivity contribution < 1.29 is 4.79 Å². The van der Waals surface area contributed by atoms with Crippen molar-refractivity contribution in [2.24, 2.45) is 11.7 Å². The molecule has 94 valence electrons. The van der Waals surface area contributed by atoms with Gasteiger partial charge in [0.15, 0.2) is 0 Å². The number of hydrogen-bond acceptors (Lipinski definition) is 4. The molecule has 1 saturated carbocycles. The molecule has 1 fully saturated rings. The Labute approximate surface area is 100 Å². The monoisotopic (exact) mass is 237 g/mol. The summed E-state index contributed by atoms with van der Waals surface area (Å²) >= 11 is 0. The average Bonchev–Trinajstić information content (AvgIpc) is 3.07. The van der Waals surface area contributed by atoms with Gasteiger partial charge >= 0.3 is 0 Å². The molecule has 0 radical (unpaired) electrons. The van der Waals surface area contributed by atoms with Gasteiger partial charge in [0.1, 0.15) is 5.82 Å². The second-order valence-electron chi connectivity index (χ2n) is 4.57. The molecule has 2 rings (SSSR count). The number of carbonyl (C=O) groups is 1. The third kappa shape index (κ3) is 3.26. The van der Waals surface area contributed by atoms with E-state index in [1.165, 1.54) is 12.8 Å². The van der Waals surface area contributed by atoms with E-state index >= 15 is 0 Å². The SMILES string of the molecule is CCCc1nc(C(=O)NCC(N)C2CC2)n[nH]1. The van der Waals surface area contributed by atoms with Crippen molar-refractivity contribution in [3.05, 3.63) is 11.6 Å². The lowest BCUT2D eigenvalue weighted by Crippen LogP contribution is -2.38. The maximum absolute atomic E-state index is 11.7. The quantitative estimate of drug-likeness (QED) is 0.659. The van der Waals surface area contributed by atoms with Crippen LogP contribution in [0.4, 0.5) is 0 Å². The first-order valence-corrected chi connectivity index (χ1v) is 6.15. The summed E-state index contributed by atoms with van der Waals surface area (Å²) in [5.74, 6) is 1.29. The maximum atomic E-state index is 11.7. The van der Waals surface area contributed by atoms with Crippen molar-refractivity contribution in [1.82, 2.24) is 20.5 Å². The van der Waals surface area contributed by atoms with E-state index in [0.29, 0.717) is 12.5 Å². The van der Waals surface area contributed by atoms with Gasteiger partial charge in [-0.25, -0.2) is 4.98 Å². The van der Waals surface area contributed by atoms with Gasteiger partial charge in [-0.3, -0.25) is 9.89 Å². The topological polar surface area (TPSA) is 96.7 Å². The summed E-state index contributed by atoms with van der Waals surface area (Å²) in [5.41, 5.74) is 5.89. The predicted molar refractivity (Wildman–Crippen MR) is 63.4 cm³/mol. The number of aryl methyl sites for hydroxylation is 1. The number of H-pyrrole nitrogens is 1. The molecule has 1 aliphatic rings. The Hall–Kier alpha value is -1.43. The van der Waals surface area contributed by atoms with Gasteiger partial charge in [0.25, 0.3) is 5.91 Å². The van der Waals surface area contributed by atoms with Crippen LogP contribution in [0.1, 0.15) is 42.6 Å². The van der Waals surface area contributed by atoms with Gasteiger partial charge in [-0.2, -0.15) is 0 Å². The van der Waals surface area contributed by atoms with Gasteiger partial charge in [0.2, 0.25) is 5.82 Å². The molecule has 1 amide bonds. The Morgan fingerprint density at radius 2 is 2.41 bits per heavy atom. The van der Waals surface area contributed by atoms with Gasteiger partial charge in [0.05, 0.1) is 0 Å². The largest absolute Gasteiger partial charge is 0.348 e. The van der Waals surface area contributed by atoms with E-state index in [1.54, 1.807) is 0 Å². The fourth-order valence-corrected chi connectivity index (χ4v) is 1.73. The molecule has 1 aromatic heterocycles. The Morgan fingerprint density at radius 3 is 3.06 bits per heavy atom. The van der Waals surface area contributed by atoms with Crippen molar-refractivity contribution in [2.45, 2.75) is 38.6 Å². The molecule has 1 unspecified atom stereocenters. The van der Waals surface area contributed by atoms with Crippen LogP contribution in [0.3, 0.4) is 0 Å². The van der Waals surface area contributed by atoms with Gasteiger partial charge in [0, 0.05) is 19.0 Å². The average molecular weight is 237 g/mol. The number of hydrogen-bond donors (Lipinski definition) is 3. The molecular formula is C11H19N5O. The highest BCUT2D eigenvalue weighted by atomic mass is 16.2. The van der Waals surface area contributed by atoms with Crippen LogP contribution in [0.25, 0.3) is 0 Å². The lowest BCUT2D eigenvalue weighted by Gasteiger charge is -2.09. The first-order chi connectivity index (χ1) is 8.20. The molecule has 4 N–H and O–H groups in total. The fourth-order valence-electron chi connectivity index (χ4n) is 1.73. The maximum Gasteiger partial charge on any atom is 0.291 e. The number of nitrogens with one attached hydrogen (secondary N) is 2. The number of carbonyl (C=O) groups excluding carboxylic acids is 1. The number of rotatable bonds is 6. The zero-order chi connectivity index (χ0) is 12.3. The zero-order valence-electron chi connectivity index (χ0n) is 10.1. The number of nitrogens with two attached hydrogens (primary N) is 1. The van der Waals surface area contributed by atoms with Crippen molar-refractivity contribution in [1.29, 1.82) is 0 Å². The van der Waals surface area contributed by atoms with E-state index in [-0.39, 0.29) is 17.8 Å². The Balaban J connectivity index is 1.81. The van der Waals surface area contributed by atoms with E-state index in [9.17, 15) is 4.79 Å². The highest BCUT2D eigenvalue weighted by molar-refractivity contribution is 5.90. The van der Waals surface area contributed by atoms with Crippen LogP contribution >= 0.6 is 0 Å².